The highest BCUT2D eigenvalue weighted by Gasteiger charge is 2.40. The Bertz CT molecular complexity index is 582. The Balaban J connectivity index is 1.88. The molecule has 5 N–H and O–H groups in total. The molecule has 0 aromatic heterocycles. The van der Waals surface area contributed by atoms with Crippen LogP contribution < -0.4 is 10.6 Å². The molecule has 0 bridgehead atoms. The van der Waals surface area contributed by atoms with Gasteiger partial charge in [0.15, 0.2) is 0 Å². The third kappa shape index (κ3) is 4.44. The van der Waals surface area contributed by atoms with Crippen molar-refractivity contribution in [2.75, 3.05) is 13.2 Å². The van der Waals surface area contributed by atoms with Gasteiger partial charge in [-0.3, -0.25) is 4.79 Å². The Morgan fingerprint density at radius 1 is 1.21 bits per heavy atom. The molecule has 1 heterocycles. The highest BCUT2D eigenvalue weighted by molar-refractivity contribution is 5.78. The van der Waals surface area contributed by atoms with Gasteiger partial charge in [0.05, 0.1) is 42.9 Å². The van der Waals surface area contributed by atoms with Gasteiger partial charge in [-0.15, -0.1) is 0 Å². The van der Waals surface area contributed by atoms with E-state index >= 15 is 0 Å². The van der Waals surface area contributed by atoms with Gasteiger partial charge < -0.3 is 26.0 Å². The molecule has 9 heteroatoms. The summed E-state index contributed by atoms with van der Waals surface area (Å²) in [6, 6.07) is 3.15. The van der Waals surface area contributed by atoms with Gasteiger partial charge in [-0.2, -0.15) is 13.2 Å². The highest BCUT2D eigenvalue weighted by atomic mass is 19.4. The Labute approximate surface area is 136 Å². The summed E-state index contributed by atoms with van der Waals surface area (Å²) in [7, 11) is 0. The van der Waals surface area contributed by atoms with Gasteiger partial charge in [-0.1, -0.05) is 18.2 Å². The number of amides is 1. The second-order valence-electron chi connectivity index (χ2n) is 5.72. The van der Waals surface area contributed by atoms with Gasteiger partial charge in [-0.05, 0) is 11.6 Å². The highest BCUT2D eigenvalue weighted by Crippen LogP contribution is 2.29. The van der Waals surface area contributed by atoms with Gasteiger partial charge in [0.1, 0.15) is 0 Å². The molecule has 1 amide bonds. The molecule has 1 aliphatic heterocycles. The van der Waals surface area contributed by atoms with Crippen molar-refractivity contribution in [1.82, 2.24) is 10.6 Å². The number of hydrogen-bond donors (Lipinski definition) is 5. The number of benzene rings is 1. The molecular weight excluding hydrogens is 329 g/mol. The van der Waals surface area contributed by atoms with E-state index in [9.17, 15) is 28.2 Å². The molecule has 0 unspecified atom stereocenters. The Morgan fingerprint density at radius 3 is 2.46 bits per heavy atom. The maximum absolute atomic E-state index is 12.6. The van der Waals surface area contributed by atoms with E-state index in [1.165, 1.54) is 12.1 Å². The van der Waals surface area contributed by atoms with Gasteiger partial charge >= 0.3 is 6.18 Å². The van der Waals surface area contributed by atoms with Crippen LogP contribution in [0.4, 0.5) is 13.2 Å². The molecule has 2 rings (SSSR count). The zero-order chi connectivity index (χ0) is 17.9. The number of rotatable bonds is 5. The number of hydrogen-bond acceptors (Lipinski definition) is 5. The standard InChI is InChI=1S/C15H19F3N2O4/c16-15(17,18)9-3-1-2-8(4-9)5-12(22)19-6-10-13(23)14(24)11(7-21)20-10/h1-4,10-11,13-14,20-21,23-24H,5-7H2,(H,19,22)/t10-,11-,13-,14-/m1/s1. The van der Waals surface area contributed by atoms with Gasteiger partial charge in [0.25, 0.3) is 0 Å². The lowest BCUT2D eigenvalue weighted by Crippen LogP contribution is -2.44. The van der Waals surface area contributed by atoms with E-state index in [1.807, 2.05) is 0 Å². The summed E-state index contributed by atoms with van der Waals surface area (Å²) in [5.41, 5.74) is -0.606. The van der Waals surface area contributed by atoms with Crippen molar-refractivity contribution in [3.63, 3.8) is 0 Å². The van der Waals surface area contributed by atoms with Crippen LogP contribution in [0.1, 0.15) is 11.1 Å². The van der Waals surface area contributed by atoms with Crippen LogP contribution in [0.25, 0.3) is 0 Å². The second kappa shape index (κ2) is 7.47. The molecule has 0 radical (unpaired) electrons. The molecule has 134 valence electrons. The van der Waals surface area contributed by atoms with E-state index < -0.39 is 41.9 Å². The minimum atomic E-state index is -4.47. The minimum absolute atomic E-state index is 0.0213. The molecule has 1 aromatic rings. The predicted molar refractivity (Wildman–Crippen MR) is 78.0 cm³/mol. The summed E-state index contributed by atoms with van der Waals surface area (Å²) in [5, 5.41) is 33.7. The maximum Gasteiger partial charge on any atom is 0.416 e. The van der Waals surface area contributed by atoms with E-state index in [0.717, 1.165) is 12.1 Å². The Kier molecular flexibility index (Phi) is 5.81. The van der Waals surface area contributed by atoms with Crippen LogP contribution in [-0.2, 0) is 17.4 Å². The summed E-state index contributed by atoms with van der Waals surface area (Å²) in [4.78, 5) is 11.9. The summed E-state index contributed by atoms with van der Waals surface area (Å²) >= 11 is 0. The molecular formula is C15H19F3N2O4. The summed E-state index contributed by atoms with van der Waals surface area (Å²) in [5.74, 6) is -0.509. The van der Waals surface area contributed by atoms with E-state index in [2.05, 4.69) is 10.6 Å². The number of aliphatic hydroxyl groups excluding tert-OH is 3. The first-order valence-electron chi connectivity index (χ1n) is 7.38. The summed E-state index contributed by atoms with van der Waals surface area (Å²) < 4.78 is 37.9. The first-order chi connectivity index (χ1) is 11.2. The largest absolute Gasteiger partial charge is 0.416 e. The van der Waals surface area contributed by atoms with E-state index in [0.29, 0.717) is 0 Å². The smallest absolute Gasteiger partial charge is 0.395 e. The molecule has 1 fully saturated rings. The zero-order valence-corrected chi connectivity index (χ0v) is 12.6. The minimum Gasteiger partial charge on any atom is -0.395 e. The van der Waals surface area contributed by atoms with Crippen molar-refractivity contribution in [3.8, 4) is 0 Å². The number of aliphatic hydroxyl groups is 3. The van der Waals surface area contributed by atoms with Crippen LogP contribution in [0.2, 0.25) is 0 Å². The van der Waals surface area contributed by atoms with Crippen LogP contribution in [0.15, 0.2) is 24.3 Å². The van der Waals surface area contributed by atoms with Crippen LogP contribution in [-0.4, -0.2) is 58.7 Å². The predicted octanol–water partition coefficient (Wildman–Crippen LogP) is -0.581. The topological polar surface area (TPSA) is 102 Å². The Hall–Kier alpha value is -1.68. The van der Waals surface area contributed by atoms with Gasteiger partial charge in [-0.25, -0.2) is 0 Å². The number of carbonyl (C=O) groups is 1. The van der Waals surface area contributed by atoms with Crippen molar-refractivity contribution in [1.29, 1.82) is 0 Å². The molecule has 0 aliphatic carbocycles. The molecule has 6 nitrogen and oxygen atoms in total. The average molecular weight is 348 g/mol. The second-order valence-corrected chi connectivity index (χ2v) is 5.72. The third-order valence-corrected chi connectivity index (χ3v) is 3.94. The number of nitrogens with one attached hydrogen (secondary N) is 2. The fourth-order valence-corrected chi connectivity index (χ4v) is 2.62. The summed E-state index contributed by atoms with van der Waals surface area (Å²) in [6.45, 7) is -0.389. The quantitative estimate of drug-likeness (QED) is 0.490. The monoisotopic (exact) mass is 348 g/mol. The first kappa shape index (κ1) is 18.7. The number of alkyl halides is 3. The Morgan fingerprint density at radius 2 is 1.88 bits per heavy atom. The molecule has 4 atom stereocenters. The van der Waals surface area contributed by atoms with E-state index in [-0.39, 0.29) is 25.1 Å². The van der Waals surface area contributed by atoms with E-state index in [1.54, 1.807) is 0 Å². The average Bonchev–Trinajstić information content (AvgIpc) is 2.80. The van der Waals surface area contributed by atoms with Gasteiger partial charge in [0, 0.05) is 6.54 Å². The van der Waals surface area contributed by atoms with Crippen molar-refractivity contribution >= 4 is 5.91 Å². The first-order valence-corrected chi connectivity index (χ1v) is 7.38. The van der Waals surface area contributed by atoms with Crippen molar-refractivity contribution in [2.24, 2.45) is 0 Å². The number of halogens is 3. The molecule has 1 aromatic carbocycles. The fraction of sp³-hybridized carbons (Fsp3) is 0.533. The van der Waals surface area contributed by atoms with Crippen LogP contribution in [0.3, 0.4) is 0 Å². The van der Waals surface area contributed by atoms with Crippen molar-refractivity contribution < 1.29 is 33.3 Å². The summed E-state index contributed by atoms with van der Waals surface area (Å²) in [6.07, 6.45) is -7.02. The lowest BCUT2D eigenvalue weighted by Gasteiger charge is -2.16. The lowest BCUT2D eigenvalue weighted by atomic mass is 10.1. The molecule has 1 aliphatic rings. The number of carbonyl (C=O) groups excluding carboxylic acids is 1. The van der Waals surface area contributed by atoms with E-state index in [4.69, 9.17) is 5.11 Å². The molecule has 1 saturated heterocycles. The van der Waals surface area contributed by atoms with Crippen LogP contribution in [0.5, 0.6) is 0 Å². The van der Waals surface area contributed by atoms with Gasteiger partial charge in [0.2, 0.25) is 5.91 Å². The maximum atomic E-state index is 12.6. The normalized spacial score (nSPS) is 27.2. The third-order valence-electron chi connectivity index (χ3n) is 3.94. The fourth-order valence-electron chi connectivity index (χ4n) is 2.62. The zero-order valence-electron chi connectivity index (χ0n) is 12.6. The lowest BCUT2D eigenvalue weighted by molar-refractivity contribution is -0.137. The molecule has 24 heavy (non-hydrogen) atoms. The van der Waals surface area contributed by atoms with Crippen molar-refractivity contribution in [3.05, 3.63) is 35.4 Å². The molecule has 0 saturated carbocycles. The van der Waals surface area contributed by atoms with Crippen LogP contribution >= 0.6 is 0 Å². The SMILES string of the molecule is O=C(Cc1cccc(C(F)(F)F)c1)NC[C@H]1N[C@H](CO)[C@@H](O)[C@@H]1O. The van der Waals surface area contributed by atoms with Crippen LogP contribution in [0, 0.1) is 0 Å². The van der Waals surface area contributed by atoms with Crippen molar-refractivity contribution in [2.45, 2.75) is 36.9 Å². The molecule has 0 spiro atoms.